The van der Waals surface area contributed by atoms with Crippen molar-refractivity contribution in [3.8, 4) is 0 Å². The summed E-state index contributed by atoms with van der Waals surface area (Å²) in [6.07, 6.45) is 6.92. The number of rotatable bonds is 2. The molecule has 0 bridgehead atoms. The Hall–Kier alpha value is -1.68. The third-order valence-electron chi connectivity index (χ3n) is 3.13. The van der Waals surface area contributed by atoms with Crippen molar-refractivity contribution in [1.82, 2.24) is 14.7 Å². The molecule has 0 saturated carbocycles. The molecule has 1 atom stereocenters. The van der Waals surface area contributed by atoms with Gasteiger partial charge >= 0.3 is 0 Å². The minimum atomic E-state index is 0.324. The van der Waals surface area contributed by atoms with E-state index in [0.29, 0.717) is 11.6 Å². The van der Waals surface area contributed by atoms with Gasteiger partial charge in [-0.15, -0.1) is 0 Å². The van der Waals surface area contributed by atoms with E-state index in [1.165, 1.54) is 6.42 Å². The van der Waals surface area contributed by atoms with Crippen molar-refractivity contribution in [2.75, 3.05) is 6.54 Å². The summed E-state index contributed by atoms with van der Waals surface area (Å²) in [5.41, 5.74) is 1.58. The van der Waals surface area contributed by atoms with Crippen LogP contribution in [-0.4, -0.2) is 22.2 Å². The van der Waals surface area contributed by atoms with Crippen LogP contribution in [0.15, 0.2) is 24.5 Å². The Balaban J connectivity index is 2.16. The molecule has 1 aliphatic rings. The molecule has 0 aromatic carbocycles. The van der Waals surface area contributed by atoms with Crippen molar-refractivity contribution < 1.29 is 4.79 Å². The lowest BCUT2D eigenvalue weighted by Crippen LogP contribution is -2.15. The Morgan fingerprint density at radius 3 is 3.25 bits per heavy atom. The van der Waals surface area contributed by atoms with Crippen molar-refractivity contribution in [2.24, 2.45) is 0 Å². The topological polar surface area (TPSA) is 46.4 Å². The molecule has 3 rings (SSSR count). The summed E-state index contributed by atoms with van der Waals surface area (Å²) in [6, 6.07) is 4.02. The molecule has 0 aliphatic carbocycles. The van der Waals surface area contributed by atoms with Gasteiger partial charge < -0.3 is 9.72 Å². The second kappa shape index (κ2) is 3.72. The summed E-state index contributed by atoms with van der Waals surface area (Å²) in [5.74, 6) is 1.01. The fraction of sp³-hybridized carbons (Fsp3) is 0.333. The minimum absolute atomic E-state index is 0.324. The molecular weight excluding hydrogens is 202 g/mol. The largest absolute Gasteiger partial charge is 0.307 e. The Morgan fingerprint density at radius 2 is 2.50 bits per heavy atom. The molecule has 0 amide bonds. The average Bonchev–Trinajstić information content (AvgIpc) is 2.96. The molecule has 3 heterocycles. The fourth-order valence-corrected chi connectivity index (χ4v) is 2.33. The van der Waals surface area contributed by atoms with Crippen molar-refractivity contribution >= 4 is 11.8 Å². The SMILES string of the molecule is O=Cc1cccn2c(C3CCCN3)ncc12. The predicted molar refractivity (Wildman–Crippen MR) is 60.6 cm³/mol. The summed E-state index contributed by atoms with van der Waals surface area (Å²) < 4.78 is 2.01. The number of fused-ring (bicyclic) bond motifs is 1. The van der Waals surface area contributed by atoms with Gasteiger partial charge in [0.1, 0.15) is 5.82 Å². The Morgan fingerprint density at radius 1 is 1.56 bits per heavy atom. The van der Waals surface area contributed by atoms with E-state index in [1.807, 2.05) is 22.7 Å². The molecule has 0 spiro atoms. The molecule has 1 unspecified atom stereocenters. The number of hydrogen-bond donors (Lipinski definition) is 1. The van der Waals surface area contributed by atoms with Crippen LogP contribution in [0.2, 0.25) is 0 Å². The van der Waals surface area contributed by atoms with E-state index < -0.39 is 0 Å². The predicted octanol–water partition coefficient (Wildman–Crippen LogP) is 1.57. The average molecular weight is 215 g/mol. The van der Waals surface area contributed by atoms with Gasteiger partial charge in [0.15, 0.2) is 6.29 Å². The second-order valence-electron chi connectivity index (χ2n) is 4.10. The molecule has 1 N–H and O–H groups in total. The lowest BCUT2D eigenvalue weighted by atomic mass is 10.2. The Kier molecular flexibility index (Phi) is 2.22. The molecule has 1 aliphatic heterocycles. The van der Waals surface area contributed by atoms with Crippen molar-refractivity contribution in [1.29, 1.82) is 0 Å². The molecule has 0 radical (unpaired) electrons. The van der Waals surface area contributed by atoms with Crippen LogP contribution in [0, 0.1) is 0 Å². The third-order valence-corrected chi connectivity index (χ3v) is 3.13. The van der Waals surface area contributed by atoms with Gasteiger partial charge in [0, 0.05) is 11.8 Å². The lowest BCUT2D eigenvalue weighted by molar-refractivity contribution is 0.112. The molecule has 2 aromatic heterocycles. The quantitative estimate of drug-likeness (QED) is 0.773. The molecular formula is C12H13N3O. The van der Waals surface area contributed by atoms with Gasteiger partial charge in [-0.25, -0.2) is 4.98 Å². The Labute approximate surface area is 93.3 Å². The van der Waals surface area contributed by atoms with Crippen molar-refractivity contribution in [2.45, 2.75) is 18.9 Å². The zero-order valence-electron chi connectivity index (χ0n) is 8.89. The summed E-state index contributed by atoms with van der Waals surface area (Å²) in [4.78, 5) is 15.3. The molecule has 16 heavy (non-hydrogen) atoms. The lowest BCUT2D eigenvalue weighted by Gasteiger charge is -2.09. The maximum atomic E-state index is 10.9. The van der Waals surface area contributed by atoms with Crippen molar-refractivity contribution in [3.63, 3.8) is 0 Å². The molecule has 4 nitrogen and oxygen atoms in total. The summed E-state index contributed by atoms with van der Waals surface area (Å²) in [5, 5.41) is 3.42. The van der Waals surface area contributed by atoms with E-state index in [4.69, 9.17) is 0 Å². The van der Waals surface area contributed by atoms with Crippen LogP contribution in [0.5, 0.6) is 0 Å². The van der Waals surface area contributed by atoms with Crippen LogP contribution in [0.4, 0.5) is 0 Å². The maximum Gasteiger partial charge on any atom is 0.152 e. The van der Waals surface area contributed by atoms with Crippen LogP contribution in [0.1, 0.15) is 35.1 Å². The molecule has 4 heteroatoms. The second-order valence-corrected chi connectivity index (χ2v) is 4.10. The highest BCUT2D eigenvalue weighted by molar-refractivity contribution is 5.85. The number of carbonyl (C=O) groups excluding carboxylic acids is 1. The molecule has 2 aromatic rings. The standard InChI is InChI=1S/C12H13N3O/c16-8-9-3-2-6-15-11(9)7-14-12(15)10-4-1-5-13-10/h2-3,6-8,10,13H,1,4-5H2. The third kappa shape index (κ3) is 1.34. The van der Waals surface area contributed by atoms with Crippen LogP contribution in [0.3, 0.4) is 0 Å². The minimum Gasteiger partial charge on any atom is -0.307 e. The maximum absolute atomic E-state index is 10.9. The first-order valence-corrected chi connectivity index (χ1v) is 5.54. The first-order valence-electron chi connectivity index (χ1n) is 5.54. The summed E-state index contributed by atoms with van der Waals surface area (Å²) in [6.45, 7) is 1.05. The number of aldehydes is 1. The number of hydrogen-bond acceptors (Lipinski definition) is 3. The fourth-order valence-electron chi connectivity index (χ4n) is 2.33. The summed E-state index contributed by atoms with van der Waals surface area (Å²) >= 11 is 0. The van der Waals surface area contributed by atoms with Gasteiger partial charge in [-0.05, 0) is 31.5 Å². The Bertz CT molecular complexity index is 526. The zero-order valence-corrected chi connectivity index (χ0v) is 8.89. The van der Waals surface area contributed by atoms with E-state index in [0.717, 1.165) is 30.6 Å². The normalized spacial score (nSPS) is 20.4. The van der Waals surface area contributed by atoms with Gasteiger partial charge in [0.2, 0.25) is 0 Å². The van der Waals surface area contributed by atoms with E-state index in [-0.39, 0.29) is 0 Å². The van der Waals surface area contributed by atoms with Gasteiger partial charge in [-0.2, -0.15) is 0 Å². The van der Waals surface area contributed by atoms with Crippen LogP contribution in [0.25, 0.3) is 5.52 Å². The number of pyridine rings is 1. The van der Waals surface area contributed by atoms with Gasteiger partial charge in [0.05, 0.1) is 17.8 Å². The van der Waals surface area contributed by atoms with Crippen LogP contribution >= 0.6 is 0 Å². The number of carbonyl (C=O) groups is 1. The zero-order chi connectivity index (χ0) is 11.0. The highest BCUT2D eigenvalue weighted by atomic mass is 16.1. The highest BCUT2D eigenvalue weighted by Crippen LogP contribution is 2.23. The summed E-state index contributed by atoms with van der Waals surface area (Å²) in [7, 11) is 0. The number of nitrogens with one attached hydrogen (secondary N) is 1. The van der Waals surface area contributed by atoms with E-state index in [9.17, 15) is 4.79 Å². The van der Waals surface area contributed by atoms with Gasteiger partial charge in [-0.3, -0.25) is 4.79 Å². The smallest absolute Gasteiger partial charge is 0.152 e. The first kappa shape index (κ1) is 9.54. The van der Waals surface area contributed by atoms with E-state index in [1.54, 1.807) is 6.20 Å². The number of aromatic nitrogens is 2. The first-order chi connectivity index (χ1) is 7.90. The van der Waals surface area contributed by atoms with E-state index in [2.05, 4.69) is 10.3 Å². The highest BCUT2D eigenvalue weighted by Gasteiger charge is 2.20. The molecule has 1 saturated heterocycles. The molecule has 1 fully saturated rings. The van der Waals surface area contributed by atoms with Crippen LogP contribution < -0.4 is 5.32 Å². The van der Waals surface area contributed by atoms with E-state index >= 15 is 0 Å². The number of nitrogens with zero attached hydrogens (tertiary/aromatic N) is 2. The monoisotopic (exact) mass is 215 g/mol. The van der Waals surface area contributed by atoms with Gasteiger partial charge in [0.25, 0.3) is 0 Å². The number of imidazole rings is 1. The van der Waals surface area contributed by atoms with Crippen LogP contribution in [-0.2, 0) is 0 Å². The van der Waals surface area contributed by atoms with Gasteiger partial charge in [-0.1, -0.05) is 0 Å². The molecule has 82 valence electrons. The van der Waals surface area contributed by atoms with Crippen molar-refractivity contribution in [3.05, 3.63) is 35.9 Å².